The van der Waals surface area contributed by atoms with Crippen LogP contribution in [-0.2, 0) is 4.79 Å². The molecule has 1 aliphatic rings. The summed E-state index contributed by atoms with van der Waals surface area (Å²) >= 11 is 0. The first-order valence-corrected chi connectivity index (χ1v) is 5.48. The summed E-state index contributed by atoms with van der Waals surface area (Å²) in [7, 11) is 0. The van der Waals surface area contributed by atoms with Gasteiger partial charge in [-0.05, 0) is 19.3 Å². The predicted molar refractivity (Wildman–Crippen MR) is 54.1 cm³/mol. The van der Waals surface area contributed by atoms with E-state index in [-0.39, 0.29) is 0 Å². The highest BCUT2D eigenvalue weighted by Crippen LogP contribution is 2.29. The molecule has 0 saturated heterocycles. The van der Waals surface area contributed by atoms with Crippen LogP contribution in [0, 0.1) is 5.92 Å². The molecule has 0 aromatic heterocycles. The fourth-order valence-electron chi connectivity index (χ4n) is 2.22. The number of carboxylic acids is 1. The average Bonchev–Trinajstić information content (AvgIpc) is 2.32. The lowest BCUT2D eigenvalue weighted by atomic mass is 9.87. The summed E-state index contributed by atoms with van der Waals surface area (Å²) in [5.41, 5.74) is -1.53. The minimum Gasteiger partial charge on any atom is -0.479 e. The first-order valence-electron chi connectivity index (χ1n) is 5.48. The van der Waals surface area contributed by atoms with Gasteiger partial charge in [-0.3, -0.25) is 0 Å². The molecule has 3 nitrogen and oxygen atoms in total. The Kier molecular flexibility index (Phi) is 3.93. The lowest BCUT2D eigenvalue weighted by molar-refractivity contribution is -0.158. The van der Waals surface area contributed by atoms with Crippen LogP contribution in [0.4, 0.5) is 0 Å². The van der Waals surface area contributed by atoms with Crippen molar-refractivity contribution in [1.82, 2.24) is 0 Å². The highest BCUT2D eigenvalue weighted by molar-refractivity contribution is 5.76. The van der Waals surface area contributed by atoms with Crippen LogP contribution in [0.3, 0.4) is 0 Å². The molecule has 0 heterocycles. The van der Waals surface area contributed by atoms with Crippen molar-refractivity contribution in [2.75, 3.05) is 0 Å². The molecule has 1 rings (SSSR count). The van der Waals surface area contributed by atoms with E-state index in [1.54, 1.807) is 0 Å². The number of hydrogen-bond donors (Lipinski definition) is 2. The maximum absolute atomic E-state index is 10.7. The predicted octanol–water partition coefficient (Wildman–Crippen LogP) is 2.18. The van der Waals surface area contributed by atoms with E-state index in [1.165, 1.54) is 32.6 Å². The van der Waals surface area contributed by atoms with Gasteiger partial charge in [0.05, 0.1) is 0 Å². The van der Waals surface area contributed by atoms with Crippen molar-refractivity contribution >= 4 is 5.97 Å². The van der Waals surface area contributed by atoms with Crippen molar-refractivity contribution in [3.8, 4) is 0 Å². The Hall–Kier alpha value is -0.570. The minimum atomic E-state index is -1.53. The fraction of sp³-hybridized carbons (Fsp3) is 0.909. The van der Waals surface area contributed by atoms with Crippen LogP contribution in [0.5, 0.6) is 0 Å². The zero-order chi connectivity index (χ0) is 10.6. The average molecular weight is 200 g/mol. The van der Waals surface area contributed by atoms with E-state index >= 15 is 0 Å². The van der Waals surface area contributed by atoms with Gasteiger partial charge in [0.1, 0.15) is 0 Å². The third kappa shape index (κ3) is 3.29. The van der Waals surface area contributed by atoms with Gasteiger partial charge in [-0.1, -0.05) is 38.5 Å². The molecule has 1 atom stereocenters. The third-order valence-corrected chi connectivity index (χ3v) is 3.12. The molecule has 1 fully saturated rings. The lowest BCUT2D eigenvalue weighted by Crippen LogP contribution is -2.37. The fourth-order valence-corrected chi connectivity index (χ4v) is 2.22. The number of carboxylic acid groups (broad SMARTS) is 1. The number of carbonyl (C=O) groups is 1. The molecule has 3 heteroatoms. The first-order chi connectivity index (χ1) is 6.52. The second-order valence-corrected chi connectivity index (χ2v) is 4.64. The highest BCUT2D eigenvalue weighted by Gasteiger charge is 2.32. The third-order valence-electron chi connectivity index (χ3n) is 3.12. The van der Waals surface area contributed by atoms with E-state index in [0.717, 1.165) is 12.8 Å². The van der Waals surface area contributed by atoms with Crippen molar-refractivity contribution in [1.29, 1.82) is 0 Å². The summed E-state index contributed by atoms with van der Waals surface area (Å²) in [4.78, 5) is 10.7. The number of aliphatic hydroxyl groups is 1. The molecule has 0 radical (unpaired) electrons. The lowest BCUT2D eigenvalue weighted by Gasteiger charge is -2.23. The molecule has 2 N–H and O–H groups in total. The van der Waals surface area contributed by atoms with Crippen LogP contribution < -0.4 is 0 Å². The summed E-state index contributed by atoms with van der Waals surface area (Å²) in [6.45, 7) is 1.40. The summed E-state index contributed by atoms with van der Waals surface area (Å²) < 4.78 is 0. The summed E-state index contributed by atoms with van der Waals surface area (Å²) in [5, 5.41) is 18.4. The number of hydrogen-bond acceptors (Lipinski definition) is 2. The van der Waals surface area contributed by atoms with Crippen LogP contribution in [0.2, 0.25) is 0 Å². The quantitative estimate of drug-likeness (QED) is 0.686. The van der Waals surface area contributed by atoms with Gasteiger partial charge in [-0.15, -0.1) is 0 Å². The van der Waals surface area contributed by atoms with Crippen molar-refractivity contribution in [2.45, 2.75) is 57.5 Å². The molecule has 0 spiro atoms. The molecule has 0 aromatic rings. The first kappa shape index (κ1) is 11.5. The van der Waals surface area contributed by atoms with E-state index in [2.05, 4.69) is 0 Å². The van der Waals surface area contributed by atoms with E-state index in [4.69, 9.17) is 5.11 Å². The van der Waals surface area contributed by atoms with Gasteiger partial charge in [-0.2, -0.15) is 0 Å². The Labute approximate surface area is 85.1 Å². The van der Waals surface area contributed by atoms with Gasteiger partial charge < -0.3 is 10.2 Å². The minimum absolute atomic E-state index is 0.392. The molecular weight excluding hydrogens is 180 g/mol. The molecule has 1 saturated carbocycles. The standard InChI is InChI=1S/C11H20O3/c1-11(14,10(12)13)8-9-6-4-2-3-5-7-9/h9,14H,2-8H2,1H3,(H,12,13). The summed E-state index contributed by atoms with van der Waals surface area (Å²) in [5.74, 6) is -0.703. The molecule has 1 aliphatic carbocycles. The van der Waals surface area contributed by atoms with E-state index in [0.29, 0.717) is 12.3 Å². The van der Waals surface area contributed by atoms with Gasteiger partial charge in [0.25, 0.3) is 0 Å². The Morgan fingerprint density at radius 3 is 2.21 bits per heavy atom. The van der Waals surface area contributed by atoms with Gasteiger partial charge in [0.2, 0.25) is 0 Å². The maximum Gasteiger partial charge on any atom is 0.335 e. The van der Waals surface area contributed by atoms with Crippen molar-refractivity contribution < 1.29 is 15.0 Å². The number of aliphatic carboxylic acids is 1. The van der Waals surface area contributed by atoms with Crippen molar-refractivity contribution in [3.05, 3.63) is 0 Å². The van der Waals surface area contributed by atoms with Gasteiger partial charge in [0, 0.05) is 0 Å². The topological polar surface area (TPSA) is 57.5 Å². The largest absolute Gasteiger partial charge is 0.479 e. The molecule has 14 heavy (non-hydrogen) atoms. The van der Waals surface area contributed by atoms with Crippen LogP contribution in [0.25, 0.3) is 0 Å². The zero-order valence-electron chi connectivity index (χ0n) is 8.83. The maximum atomic E-state index is 10.7. The van der Waals surface area contributed by atoms with E-state index in [9.17, 15) is 9.90 Å². The van der Waals surface area contributed by atoms with Gasteiger partial charge in [0.15, 0.2) is 5.60 Å². The Morgan fingerprint density at radius 1 is 1.29 bits per heavy atom. The molecule has 0 aliphatic heterocycles. The molecule has 0 amide bonds. The van der Waals surface area contributed by atoms with Gasteiger partial charge in [-0.25, -0.2) is 4.79 Å². The zero-order valence-corrected chi connectivity index (χ0v) is 8.83. The van der Waals surface area contributed by atoms with Gasteiger partial charge >= 0.3 is 5.97 Å². The summed E-state index contributed by atoms with van der Waals surface area (Å²) in [6.07, 6.45) is 7.42. The Bertz CT molecular complexity index is 191. The van der Waals surface area contributed by atoms with Crippen LogP contribution in [0.1, 0.15) is 51.9 Å². The second kappa shape index (κ2) is 4.78. The van der Waals surface area contributed by atoms with E-state index < -0.39 is 11.6 Å². The van der Waals surface area contributed by atoms with Crippen LogP contribution >= 0.6 is 0 Å². The van der Waals surface area contributed by atoms with Crippen molar-refractivity contribution in [2.24, 2.45) is 5.92 Å². The molecular formula is C11H20O3. The second-order valence-electron chi connectivity index (χ2n) is 4.64. The van der Waals surface area contributed by atoms with Crippen LogP contribution in [-0.4, -0.2) is 21.8 Å². The summed E-state index contributed by atoms with van der Waals surface area (Å²) in [6, 6.07) is 0. The SMILES string of the molecule is CC(O)(CC1CCCCCC1)C(=O)O. The number of rotatable bonds is 3. The smallest absolute Gasteiger partial charge is 0.335 e. The molecule has 0 aromatic carbocycles. The van der Waals surface area contributed by atoms with Crippen molar-refractivity contribution in [3.63, 3.8) is 0 Å². The Balaban J connectivity index is 2.45. The normalized spacial score (nSPS) is 23.9. The Morgan fingerprint density at radius 2 is 1.79 bits per heavy atom. The highest BCUT2D eigenvalue weighted by atomic mass is 16.4. The molecule has 0 bridgehead atoms. The molecule has 82 valence electrons. The monoisotopic (exact) mass is 200 g/mol. The van der Waals surface area contributed by atoms with Crippen LogP contribution in [0.15, 0.2) is 0 Å². The van der Waals surface area contributed by atoms with E-state index in [1.807, 2.05) is 0 Å². The molecule has 1 unspecified atom stereocenters.